The largest absolute Gasteiger partial charge is 0.438 e. The molecule has 0 saturated carbocycles. The summed E-state index contributed by atoms with van der Waals surface area (Å²) in [6.45, 7) is 3.50. The van der Waals surface area contributed by atoms with E-state index < -0.39 is 4.92 Å². The summed E-state index contributed by atoms with van der Waals surface area (Å²) in [5.41, 5.74) is 7.17. The predicted molar refractivity (Wildman–Crippen MR) is 74.7 cm³/mol. The van der Waals surface area contributed by atoms with Crippen molar-refractivity contribution in [3.63, 3.8) is 0 Å². The van der Waals surface area contributed by atoms with Crippen molar-refractivity contribution >= 4 is 5.69 Å². The van der Waals surface area contributed by atoms with Crippen molar-refractivity contribution in [2.75, 3.05) is 0 Å². The monoisotopic (exact) mass is 273 g/mol. The van der Waals surface area contributed by atoms with Crippen LogP contribution >= 0.6 is 0 Å². The summed E-state index contributed by atoms with van der Waals surface area (Å²) >= 11 is 0. The molecule has 1 aromatic carbocycles. The van der Waals surface area contributed by atoms with Gasteiger partial charge in [-0.2, -0.15) is 0 Å². The first-order valence-electron chi connectivity index (χ1n) is 6.12. The zero-order valence-electron chi connectivity index (χ0n) is 11.2. The van der Waals surface area contributed by atoms with Gasteiger partial charge in [0.1, 0.15) is 5.75 Å². The molecule has 2 N–H and O–H groups in total. The molecule has 0 aliphatic rings. The molecule has 0 bridgehead atoms. The quantitative estimate of drug-likeness (QED) is 0.682. The maximum absolute atomic E-state index is 10.9. The number of hydrogen-bond donors (Lipinski definition) is 1. The Kier molecular flexibility index (Phi) is 3.95. The van der Waals surface area contributed by atoms with E-state index in [9.17, 15) is 10.1 Å². The van der Waals surface area contributed by atoms with Gasteiger partial charge in [-0.25, -0.2) is 4.98 Å². The summed E-state index contributed by atoms with van der Waals surface area (Å²) in [5, 5.41) is 10.9. The van der Waals surface area contributed by atoms with Crippen molar-refractivity contribution in [3.8, 4) is 11.6 Å². The normalized spacial score (nSPS) is 11.9. The standard InChI is InChI=1S/C14H15N3O3/c1-9-12(17(18)19)4-3-5-13(9)20-14-8-11(10(2)15)6-7-16-14/h3-8,10H,15H2,1-2H3/t10-/m1/s1. The number of nitrogens with zero attached hydrogens (tertiary/aromatic N) is 2. The number of nitro benzene ring substituents is 1. The lowest BCUT2D eigenvalue weighted by Crippen LogP contribution is -2.05. The lowest BCUT2D eigenvalue weighted by Gasteiger charge is -2.10. The zero-order valence-corrected chi connectivity index (χ0v) is 11.2. The van der Waals surface area contributed by atoms with Crippen LogP contribution in [0.4, 0.5) is 5.69 Å². The number of pyridine rings is 1. The number of aromatic nitrogens is 1. The number of ether oxygens (including phenoxy) is 1. The van der Waals surface area contributed by atoms with Gasteiger partial charge in [-0.3, -0.25) is 10.1 Å². The van der Waals surface area contributed by atoms with Crippen LogP contribution in [0, 0.1) is 17.0 Å². The van der Waals surface area contributed by atoms with Crippen LogP contribution < -0.4 is 10.5 Å². The average molecular weight is 273 g/mol. The van der Waals surface area contributed by atoms with E-state index in [1.54, 1.807) is 37.4 Å². The third-order valence-electron chi connectivity index (χ3n) is 2.95. The van der Waals surface area contributed by atoms with E-state index in [2.05, 4.69) is 4.98 Å². The van der Waals surface area contributed by atoms with E-state index in [0.717, 1.165) is 5.56 Å². The summed E-state index contributed by atoms with van der Waals surface area (Å²) in [4.78, 5) is 14.5. The van der Waals surface area contributed by atoms with Crippen LogP contribution in [0.2, 0.25) is 0 Å². The Morgan fingerprint density at radius 3 is 2.80 bits per heavy atom. The molecule has 0 fully saturated rings. The summed E-state index contributed by atoms with van der Waals surface area (Å²) < 4.78 is 5.62. The topological polar surface area (TPSA) is 91.3 Å². The maximum Gasteiger partial charge on any atom is 0.276 e. The molecular weight excluding hydrogens is 258 g/mol. The van der Waals surface area contributed by atoms with E-state index in [4.69, 9.17) is 10.5 Å². The van der Waals surface area contributed by atoms with Gasteiger partial charge in [0.2, 0.25) is 5.88 Å². The minimum atomic E-state index is -0.437. The molecule has 20 heavy (non-hydrogen) atoms. The van der Waals surface area contributed by atoms with Crippen molar-refractivity contribution in [1.29, 1.82) is 0 Å². The average Bonchev–Trinajstić information content (AvgIpc) is 2.41. The van der Waals surface area contributed by atoms with Gasteiger partial charge in [0.25, 0.3) is 5.69 Å². The molecule has 0 unspecified atom stereocenters. The second-order valence-electron chi connectivity index (χ2n) is 4.48. The van der Waals surface area contributed by atoms with Crippen molar-refractivity contribution in [1.82, 2.24) is 4.98 Å². The highest BCUT2D eigenvalue weighted by Crippen LogP contribution is 2.30. The summed E-state index contributed by atoms with van der Waals surface area (Å²) in [5.74, 6) is 0.775. The van der Waals surface area contributed by atoms with Gasteiger partial charge < -0.3 is 10.5 Å². The van der Waals surface area contributed by atoms with Gasteiger partial charge in [-0.05, 0) is 31.5 Å². The lowest BCUT2D eigenvalue weighted by atomic mass is 10.1. The van der Waals surface area contributed by atoms with E-state index in [0.29, 0.717) is 17.2 Å². The Morgan fingerprint density at radius 1 is 1.40 bits per heavy atom. The molecule has 0 aliphatic carbocycles. The fraction of sp³-hybridized carbons (Fsp3) is 0.214. The molecule has 0 saturated heterocycles. The molecule has 0 spiro atoms. The number of hydrogen-bond acceptors (Lipinski definition) is 5. The molecule has 0 amide bonds. The predicted octanol–water partition coefficient (Wildman–Crippen LogP) is 3.11. The van der Waals surface area contributed by atoms with Gasteiger partial charge in [-0.15, -0.1) is 0 Å². The molecular formula is C14H15N3O3. The van der Waals surface area contributed by atoms with Gasteiger partial charge in [0, 0.05) is 24.4 Å². The van der Waals surface area contributed by atoms with E-state index in [1.807, 2.05) is 6.92 Å². The fourth-order valence-electron chi connectivity index (χ4n) is 1.79. The molecule has 1 atom stereocenters. The highest BCUT2D eigenvalue weighted by Gasteiger charge is 2.15. The number of nitro groups is 1. The maximum atomic E-state index is 10.9. The van der Waals surface area contributed by atoms with Crippen molar-refractivity contribution < 1.29 is 9.66 Å². The van der Waals surface area contributed by atoms with Gasteiger partial charge in [0.15, 0.2) is 0 Å². The van der Waals surface area contributed by atoms with Crippen LogP contribution in [0.3, 0.4) is 0 Å². The van der Waals surface area contributed by atoms with Gasteiger partial charge in [-0.1, -0.05) is 6.07 Å². The van der Waals surface area contributed by atoms with Crippen LogP contribution in [0.15, 0.2) is 36.5 Å². The van der Waals surface area contributed by atoms with E-state index in [-0.39, 0.29) is 11.7 Å². The van der Waals surface area contributed by atoms with Crippen molar-refractivity contribution in [2.24, 2.45) is 5.73 Å². The van der Waals surface area contributed by atoms with Crippen LogP contribution in [-0.2, 0) is 0 Å². The first-order chi connectivity index (χ1) is 9.49. The van der Waals surface area contributed by atoms with Gasteiger partial charge >= 0.3 is 0 Å². The van der Waals surface area contributed by atoms with Gasteiger partial charge in [0.05, 0.1) is 10.5 Å². The van der Waals surface area contributed by atoms with Crippen LogP contribution in [0.5, 0.6) is 11.6 Å². The minimum Gasteiger partial charge on any atom is -0.438 e. The van der Waals surface area contributed by atoms with Crippen LogP contribution in [0.25, 0.3) is 0 Å². The van der Waals surface area contributed by atoms with E-state index >= 15 is 0 Å². The number of rotatable bonds is 4. The first-order valence-corrected chi connectivity index (χ1v) is 6.12. The number of nitrogens with two attached hydrogens (primary N) is 1. The molecule has 1 heterocycles. The highest BCUT2D eigenvalue weighted by molar-refractivity contribution is 5.49. The van der Waals surface area contributed by atoms with Crippen LogP contribution in [-0.4, -0.2) is 9.91 Å². The Balaban J connectivity index is 2.33. The third-order valence-corrected chi connectivity index (χ3v) is 2.95. The molecule has 2 aromatic rings. The molecule has 104 valence electrons. The molecule has 0 radical (unpaired) electrons. The first kappa shape index (κ1) is 14.0. The zero-order chi connectivity index (χ0) is 14.7. The smallest absolute Gasteiger partial charge is 0.276 e. The van der Waals surface area contributed by atoms with Crippen LogP contribution in [0.1, 0.15) is 24.1 Å². The highest BCUT2D eigenvalue weighted by atomic mass is 16.6. The number of benzene rings is 1. The fourth-order valence-corrected chi connectivity index (χ4v) is 1.79. The minimum absolute atomic E-state index is 0.0193. The van der Waals surface area contributed by atoms with Crippen molar-refractivity contribution in [2.45, 2.75) is 19.9 Å². The van der Waals surface area contributed by atoms with E-state index in [1.165, 1.54) is 6.07 Å². The summed E-state index contributed by atoms with van der Waals surface area (Å²) in [6, 6.07) is 8.08. The SMILES string of the molecule is Cc1c(Oc2cc([C@@H](C)N)ccn2)cccc1[N+](=O)[O-]. The third kappa shape index (κ3) is 2.92. The molecule has 6 nitrogen and oxygen atoms in total. The Labute approximate surface area is 116 Å². The summed E-state index contributed by atoms with van der Waals surface area (Å²) in [6.07, 6.45) is 1.60. The Bertz CT molecular complexity index is 641. The summed E-state index contributed by atoms with van der Waals surface area (Å²) in [7, 11) is 0. The molecule has 1 aromatic heterocycles. The second kappa shape index (κ2) is 5.66. The molecule has 0 aliphatic heterocycles. The second-order valence-corrected chi connectivity index (χ2v) is 4.48. The Hall–Kier alpha value is -2.47. The van der Waals surface area contributed by atoms with Crippen molar-refractivity contribution in [3.05, 3.63) is 57.8 Å². The lowest BCUT2D eigenvalue weighted by molar-refractivity contribution is -0.385. The molecule has 6 heteroatoms. The Morgan fingerprint density at radius 2 is 2.15 bits per heavy atom. The molecule has 2 rings (SSSR count).